The first kappa shape index (κ1) is 12.5. The largest absolute Gasteiger partial charge is 0.362 e. The molecule has 0 radical (unpaired) electrons. The fourth-order valence-corrected chi connectivity index (χ4v) is 1.75. The van der Waals surface area contributed by atoms with Gasteiger partial charge in [-0.05, 0) is 31.5 Å². The number of aromatic nitrogens is 2. The minimum Gasteiger partial charge on any atom is -0.362 e. The predicted molar refractivity (Wildman–Crippen MR) is 66.3 cm³/mol. The summed E-state index contributed by atoms with van der Waals surface area (Å²) in [6, 6.07) is 5.11. The van der Waals surface area contributed by atoms with Crippen LogP contribution in [0.25, 0.3) is 0 Å². The summed E-state index contributed by atoms with van der Waals surface area (Å²) in [5.74, 6) is -0.454. The molecule has 1 aromatic heterocycles. The van der Waals surface area contributed by atoms with Gasteiger partial charge in [0.05, 0.1) is 6.04 Å². The lowest BCUT2D eigenvalue weighted by atomic mass is 10.1. The minimum atomic E-state index is -0.572. The highest BCUT2D eigenvalue weighted by Crippen LogP contribution is 2.19. The molecule has 1 N–H and O–H groups in total. The monoisotopic (exact) mass is 251 g/mol. The molecular weight excluding hydrogens is 236 g/mol. The van der Waals surface area contributed by atoms with Crippen LogP contribution in [-0.4, -0.2) is 9.78 Å². The van der Waals surface area contributed by atoms with Gasteiger partial charge in [0.25, 0.3) is 0 Å². The molecule has 0 aliphatic carbocycles. The lowest BCUT2D eigenvalue weighted by Gasteiger charge is -2.13. The Hall–Kier alpha value is -1.91. The number of benzene rings is 1. The third-order valence-corrected chi connectivity index (χ3v) is 2.71. The summed E-state index contributed by atoms with van der Waals surface area (Å²) in [6.45, 7) is 4.60. The van der Waals surface area contributed by atoms with Crippen LogP contribution >= 0.6 is 0 Å². The average Bonchev–Trinajstić information content (AvgIpc) is 2.75. The fourth-order valence-electron chi connectivity index (χ4n) is 1.75. The first-order chi connectivity index (χ1) is 8.58. The van der Waals surface area contributed by atoms with Gasteiger partial charge in [-0.3, -0.25) is 4.68 Å². The van der Waals surface area contributed by atoms with Gasteiger partial charge in [-0.2, -0.15) is 5.10 Å². The van der Waals surface area contributed by atoms with Gasteiger partial charge in [-0.25, -0.2) is 8.78 Å². The molecule has 18 heavy (non-hydrogen) atoms. The van der Waals surface area contributed by atoms with Gasteiger partial charge in [-0.1, -0.05) is 0 Å². The van der Waals surface area contributed by atoms with E-state index in [0.717, 1.165) is 12.6 Å². The summed E-state index contributed by atoms with van der Waals surface area (Å²) in [5.41, 5.74) is 0.554. The summed E-state index contributed by atoms with van der Waals surface area (Å²) in [7, 11) is 0. The lowest BCUT2D eigenvalue weighted by molar-refractivity contribution is 0.577. The molecule has 1 aromatic carbocycles. The van der Waals surface area contributed by atoms with Crippen LogP contribution in [0.15, 0.2) is 30.5 Å². The molecule has 0 saturated heterocycles. The third-order valence-electron chi connectivity index (χ3n) is 2.71. The molecule has 0 saturated carbocycles. The highest BCUT2D eigenvalue weighted by Gasteiger charge is 2.09. The van der Waals surface area contributed by atoms with Crippen molar-refractivity contribution in [1.29, 1.82) is 0 Å². The quantitative estimate of drug-likeness (QED) is 0.903. The summed E-state index contributed by atoms with van der Waals surface area (Å²) < 4.78 is 28.0. The first-order valence-corrected chi connectivity index (χ1v) is 5.84. The second-order valence-corrected chi connectivity index (χ2v) is 4.13. The van der Waals surface area contributed by atoms with Crippen molar-refractivity contribution in [3.05, 3.63) is 47.7 Å². The molecule has 0 spiro atoms. The van der Waals surface area contributed by atoms with Crippen molar-refractivity contribution in [2.75, 3.05) is 5.32 Å². The molecule has 1 unspecified atom stereocenters. The molecule has 1 heterocycles. The molecule has 3 nitrogen and oxygen atoms in total. The first-order valence-electron chi connectivity index (χ1n) is 5.84. The molecule has 0 fully saturated rings. The van der Waals surface area contributed by atoms with Crippen LogP contribution in [0.4, 0.5) is 14.6 Å². The van der Waals surface area contributed by atoms with Crippen LogP contribution in [-0.2, 0) is 6.54 Å². The highest BCUT2D eigenvalue weighted by molar-refractivity contribution is 5.37. The van der Waals surface area contributed by atoms with Gasteiger partial charge in [0.15, 0.2) is 0 Å². The average molecular weight is 251 g/mol. The Bertz CT molecular complexity index is 517. The molecule has 2 aromatic rings. The van der Waals surface area contributed by atoms with E-state index in [9.17, 15) is 8.78 Å². The van der Waals surface area contributed by atoms with Crippen molar-refractivity contribution >= 4 is 5.82 Å². The van der Waals surface area contributed by atoms with Crippen LogP contribution in [0.5, 0.6) is 0 Å². The number of halogens is 2. The predicted octanol–water partition coefficient (Wildman–Crippen LogP) is 3.35. The lowest BCUT2D eigenvalue weighted by Crippen LogP contribution is -2.08. The van der Waals surface area contributed by atoms with Gasteiger partial charge >= 0.3 is 0 Å². The third kappa shape index (κ3) is 2.85. The molecular formula is C13H15F2N3. The van der Waals surface area contributed by atoms with Gasteiger partial charge in [0.1, 0.15) is 17.5 Å². The number of aryl methyl sites for hydroxylation is 1. The number of hydrogen-bond donors (Lipinski definition) is 1. The Morgan fingerprint density at radius 3 is 2.50 bits per heavy atom. The SMILES string of the molecule is CCn1ccc(NC(C)c2cc(F)cc(F)c2)n1. The second kappa shape index (κ2) is 5.16. The zero-order valence-corrected chi connectivity index (χ0v) is 10.3. The van der Waals surface area contributed by atoms with Gasteiger partial charge in [0, 0.05) is 24.9 Å². The van der Waals surface area contributed by atoms with Crippen molar-refractivity contribution in [3.8, 4) is 0 Å². The van der Waals surface area contributed by atoms with Crippen molar-refractivity contribution in [2.24, 2.45) is 0 Å². The second-order valence-electron chi connectivity index (χ2n) is 4.13. The smallest absolute Gasteiger partial charge is 0.148 e. The number of rotatable bonds is 4. The zero-order chi connectivity index (χ0) is 13.1. The Balaban J connectivity index is 2.13. The topological polar surface area (TPSA) is 29.9 Å². The Labute approximate surface area is 104 Å². The van der Waals surface area contributed by atoms with Crippen LogP contribution in [0.3, 0.4) is 0 Å². The molecule has 0 amide bonds. The van der Waals surface area contributed by atoms with Gasteiger partial charge < -0.3 is 5.32 Å². The van der Waals surface area contributed by atoms with Crippen molar-refractivity contribution in [3.63, 3.8) is 0 Å². The van der Waals surface area contributed by atoms with Crippen LogP contribution in [0, 0.1) is 11.6 Å². The summed E-state index contributed by atoms with van der Waals surface area (Å²) in [5, 5.41) is 7.36. The Kier molecular flexibility index (Phi) is 3.60. The fraction of sp³-hybridized carbons (Fsp3) is 0.308. The number of anilines is 1. The van der Waals surface area contributed by atoms with Crippen molar-refractivity contribution < 1.29 is 8.78 Å². The normalized spacial score (nSPS) is 12.4. The van der Waals surface area contributed by atoms with Crippen LogP contribution < -0.4 is 5.32 Å². The van der Waals surface area contributed by atoms with E-state index in [0.29, 0.717) is 11.4 Å². The van der Waals surface area contributed by atoms with E-state index in [4.69, 9.17) is 0 Å². The van der Waals surface area contributed by atoms with E-state index >= 15 is 0 Å². The molecule has 0 aliphatic rings. The molecule has 0 bridgehead atoms. The van der Waals surface area contributed by atoms with E-state index in [-0.39, 0.29) is 6.04 Å². The summed E-state index contributed by atoms with van der Waals surface area (Å²) >= 11 is 0. The van der Waals surface area contributed by atoms with Crippen molar-refractivity contribution in [1.82, 2.24) is 9.78 Å². The standard InChI is InChI=1S/C13H15F2N3/c1-3-18-5-4-13(17-18)16-9(2)10-6-11(14)8-12(15)7-10/h4-9H,3H2,1-2H3,(H,16,17). The van der Waals surface area contributed by atoms with Crippen LogP contribution in [0.2, 0.25) is 0 Å². The highest BCUT2D eigenvalue weighted by atomic mass is 19.1. The van der Waals surface area contributed by atoms with E-state index in [1.807, 2.05) is 26.1 Å². The van der Waals surface area contributed by atoms with Crippen molar-refractivity contribution in [2.45, 2.75) is 26.4 Å². The number of nitrogens with one attached hydrogen (secondary N) is 1. The van der Waals surface area contributed by atoms with Crippen LogP contribution in [0.1, 0.15) is 25.5 Å². The zero-order valence-electron chi connectivity index (χ0n) is 10.3. The van der Waals surface area contributed by atoms with E-state index in [1.165, 1.54) is 12.1 Å². The maximum atomic E-state index is 13.1. The Morgan fingerprint density at radius 1 is 1.28 bits per heavy atom. The number of hydrogen-bond acceptors (Lipinski definition) is 2. The molecule has 0 aliphatic heterocycles. The van der Waals surface area contributed by atoms with E-state index in [1.54, 1.807) is 4.68 Å². The Morgan fingerprint density at radius 2 is 1.94 bits per heavy atom. The molecule has 96 valence electrons. The summed E-state index contributed by atoms with van der Waals surface area (Å²) in [4.78, 5) is 0. The van der Waals surface area contributed by atoms with E-state index in [2.05, 4.69) is 10.4 Å². The maximum absolute atomic E-state index is 13.1. The van der Waals surface area contributed by atoms with Gasteiger partial charge in [-0.15, -0.1) is 0 Å². The number of nitrogens with zero attached hydrogens (tertiary/aromatic N) is 2. The minimum absolute atomic E-state index is 0.213. The summed E-state index contributed by atoms with van der Waals surface area (Å²) in [6.07, 6.45) is 1.85. The maximum Gasteiger partial charge on any atom is 0.148 e. The molecule has 5 heteroatoms. The molecule has 2 rings (SSSR count). The van der Waals surface area contributed by atoms with E-state index < -0.39 is 11.6 Å². The molecule has 1 atom stereocenters. The van der Waals surface area contributed by atoms with Gasteiger partial charge in [0.2, 0.25) is 0 Å².